The Balaban J connectivity index is 1.88. The van der Waals surface area contributed by atoms with Gasteiger partial charge < -0.3 is 65.9 Å². The Morgan fingerprint density at radius 1 is 0.652 bits per heavy atom. The van der Waals surface area contributed by atoms with Gasteiger partial charge in [-0.2, -0.15) is 0 Å². The van der Waals surface area contributed by atoms with Crippen molar-refractivity contribution in [1.29, 1.82) is 0 Å². The molecule has 360 valence electrons. The van der Waals surface area contributed by atoms with Gasteiger partial charge in [-0.05, 0) is 62.0 Å². The SMILES string of the molecule is CC(C)C[C@H](NC(=O)CCc1ccccc1)C(=O)N[C@@H](Cc1ccccc1)C(=O)N[C@@H](CCN=C(N)N)C(=O)N1CCC[C@H]1C(=O)N[C@@H](CCCN=C(N)N)C(=O)N[C@@H](CC(N)=O)C(N)=O. The van der Waals surface area contributed by atoms with Crippen LogP contribution in [0.3, 0.4) is 0 Å². The van der Waals surface area contributed by atoms with Crippen molar-refractivity contribution in [2.75, 3.05) is 19.6 Å². The standard InChI is InChI=1S/C44H66N14O8/c1-26(2)23-32(53-36(60)18-17-27-11-5-3-6-12-27)39(63)57-33(24-28-13-7-4-8-14-28)40(64)55-30(19-21-52-44(49)50)42(66)58-22-10-16-34(58)41(65)54-29(15-9-20-51-43(47)48)38(62)56-31(37(46)61)25-35(45)59/h3-8,11-14,26,29-34H,9-10,15-25H2,1-2H3,(H2,45,59)(H2,46,61)(H,53,60)(H,54,65)(H,55,64)(H,56,62)(H,57,63)(H4,47,48,51)(H4,49,50,52)/t29-,30-,31-,32-,33-,34-/m0/s1. The van der Waals surface area contributed by atoms with E-state index in [1.165, 1.54) is 4.90 Å². The third kappa shape index (κ3) is 18.8. The zero-order valence-corrected chi connectivity index (χ0v) is 37.6. The van der Waals surface area contributed by atoms with Gasteiger partial charge in [0.15, 0.2) is 11.9 Å². The number of guanidine groups is 2. The van der Waals surface area contributed by atoms with Gasteiger partial charge in [0.05, 0.1) is 6.42 Å². The van der Waals surface area contributed by atoms with E-state index < -0.39 is 84.0 Å². The maximum atomic E-state index is 14.5. The molecule has 1 aliphatic heterocycles. The van der Waals surface area contributed by atoms with Gasteiger partial charge in [0.2, 0.25) is 47.3 Å². The molecule has 0 aromatic heterocycles. The molecule has 22 nitrogen and oxygen atoms in total. The molecule has 1 heterocycles. The fourth-order valence-electron chi connectivity index (χ4n) is 7.30. The molecule has 0 aliphatic carbocycles. The van der Waals surface area contributed by atoms with E-state index in [4.69, 9.17) is 34.4 Å². The summed E-state index contributed by atoms with van der Waals surface area (Å²) < 4.78 is 0. The summed E-state index contributed by atoms with van der Waals surface area (Å²) in [7, 11) is 0. The number of nitrogens with zero attached hydrogens (tertiary/aromatic N) is 3. The van der Waals surface area contributed by atoms with Crippen LogP contribution in [0.4, 0.5) is 0 Å². The average Bonchev–Trinajstić information content (AvgIpc) is 3.76. The zero-order valence-electron chi connectivity index (χ0n) is 37.6. The summed E-state index contributed by atoms with van der Waals surface area (Å²) in [5.74, 6) is -6.31. The lowest BCUT2D eigenvalue weighted by Gasteiger charge is -2.31. The Bertz CT molecular complexity index is 2030. The van der Waals surface area contributed by atoms with Crippen molar-refractivity contribution >= 4 is 59.2 Å². The molecule has 2 aromatic rings. The van der Waals surface area contributed by atoms with Crippen molar-refractivity contribution in [2.24, 2.45) is 50.3 Å². The molecule has 17 N–H and O–H groups in total. The van der Waals surface area contributed by atoms with Crippen LogP contribution in [0.15, 0.2) is 70.6 Å². The summed E-state index contributed by atoms with van der Waals surface area (Å²) in [4.78, 5) is 116. The van der Waals surface area contributed by atoms with Crippen LogP contribution >= 0.6 is 0 Å². The number of hydrogen-bond acceptors (Lipinski definition) is 10. The minimum absolute atomic E-state index is 0.0111. The van der Waals surface area contributed by atoms with Gasteiger partial charge >= 0.3 is 0 Å². The van der Waals surface area contributed by atoms with Gasteiger partial charge in [-0.15, -0.1) is 0 Å². The summed E-state index contributed by atoms with van der Waals surface area (Å²) in [5, 5.41) is 13.4. The highest BCUT2D eigenvalue weighted by Gasteiger charge is 2.40. The Morgan fingerprint density at radius 3 is 1.80 bits per heavy atom. The van der Waals surface area contributed by atoms with Gasteiger partial charge in [0, 0.05) is 32.5 Å². The van der Waals surface area contributed by atoms with Crippen LogP contribution in [-0.2, 0) is 51.2 Å². The van der Waals surface area contributed by atoms with E-state index in [0.717, 1.165) is 5.56 Å². The number of aliphatic imine (C=N–C) groups is 2. The van der Waals surface area contributed by atoms with Crippen molar-refractivity contribution in [2.45, 2.75) is 114 Å². The van der Waals surface area contributed by atoms with E-state index in [-0.39, 0.29) is 88.3 Å². The minimum atomic E-state index is -1.47. The van der Waals surface area contributed by atoms with Crippen molar-refractivity contribution in [3.8, 4) is 0 Å². The largest absolute Gasteiger partial charge is 0.370 e. The molecule has 3 rings (SSSR count). The van der Waals surface area contributed by atoms with Crippen LogP contribution < -0.4 is 61.0 Å². The van der Waals surface area contributed by atoms with Crippen molar-refractivity contribution in [3.05, 3.63) is 71.8 Å². The highest BCUT2D eigenvalue weighted by atomic mass is 16.2. The quantitative estimate of drug-likeness (QED) is 0.0250. The topological polar surface area (TPSA) is 381 Å². The van der Waals surface area contributed by atoms with Gasteiger partial charge in [0.1, 0.15) is 36.3 Å². The van der Waals surface area contributed by atoms with Crippen LogP contribution in [0.5, 0.6) is 0 Å². The van der Waals surface area contributed by atoms with Crippen molar-refractivity contribution in [3.63, 3.8) is 0 Å². The first kappa shape index (κ1) is 53.1. The predicted octanol–water partition coefficient (Wildman–Crippen LogP) is -2.60. The highest BCUT2D eigenvalue weighted by molar-refractivity contribution is 5.98. The molecule has 22 heteroatoms. The van der Waals surface area contributed by atoms with Crippen LogP contribution in [0, 0.1) is 5.92 Å². The number of benzene rings is 2. The summed E-state index contributed by atoms with van der Waals surface area (Å²) in [6, 6.07) is 10.9. The van der Waals surface area contributed by atoms with Crippen molar-refractivity contribution < 1.29 is 38.4 Å². The fraction of sp³-hybridized carbons (Fsp3) is 0.500. The predicted molar refractivity (Wildman–Crippen MR) is 247 cm³/mol. The first-order valence-electron chi connectivity index (χ1n) is 21.9. The monoisotopic (exact) mass is 919 g/mol. The van der Waals surface area contributed by atoms with Gasteiger partial charge in [0.25, 0.3) is 0 Å². The third-order valence-corrected chi connectivity index (χ3v) is 10.6. The maximum absolute atomic E-state index is 14.5. The van der Waals surface area contributed by atoms with Crippen LogP contribution in [0.2, 0.25) is 0 Å². The fourth-order valence-corrected chi connectivity index (χ4v) is 7.30. The number of aryl methyl sites for hydroxylation is 1. The number of rotatable bonds is 27. The van der Waals surface area contributed by atoms with Crippen LogP contribution in [0.25, 0.3) is 0 Å². The van der Waals surface area contributed by atoms with Crippen molar-refractivity contribution in [1.82, 2.24) is 31.5 Å². The van der Waals surface area contributed by atoms with E-state index in [1.807, 2.05) is 44.2 Å². The summed E-state index contributed by atoms with van der Waals surface area (Å²) in [6.07, 6.45) is 0.906. The second-order valence-electron chi connectivity index (χ2n) is 16.5. The smallest absolute Gasteiger partial charge is 0.245 e. The molecule has 0 unspecified atom stereocenters. The molecular weight excluding hydrogens is 853 g/mol. The van der Waals surface area contributed by atoms with Crippen LogP contribution in [-0.4, -0.2) is 120 Å². The van der Waals surface area contributed by atoms with E-state index in [1.54, 1.807) is 30.3 Å². The molecule has 2 aromatic carbocycles. The van der Waals surface area contributed by atoms with Gasteiger partial charge in [-0.1, -0.05) is 74.5 Å². The average molecular weight is 919 g/mol. The second-order valence-corrected chi connectivity index (χ2v) is 16.5. The summed E-state index contributed by atoms with van der Waals surface area (Å²) in [5.41, 5.74) is 34.3. The number of likely N-dealkylation sites (tertiary alicyclic amines) is 1. The third-order valence-electron chi connectivity index (χ3n) is 10.6. The Morgan fingerprint density at radius 2 is 1.21 bits per heavy atom. The maximum Gasteiger partial charge on any atom is 0.245 e. The lowest BCUT2D eigenvalue weighted by atomic mass is 10.00. The van der Waals surface area contributed by atoms with Crippen LogP contribution in [0.1, 0.15) is 76.3 Å². The first-order valence-corrected chi connectivity index (χ1v) is 21.9. The molecule has 1 fully saturated rings. The lowest BCUT2D eigenvalue weighted by molar-refractivity contribution is -0.142. The lowest BCUT2D eigenvalue weighted by Crippen LogP contribution is -2.60. The number of hydrogen-bond donors (Lipinski definition) is 11. The molecule has 0 radical (unpaired) electrons. The second kappa shape index (κ2) is 27.2. The Hall–Kier alpha value is -7.26. The number of amides is 8. The number of nitrogens with two attached hydrogens (primary N) is 6. The molecule has 6 atom stereocenters. The molecule has 0 saturated carbocycles. The first-order chi connectivity index (χ1) is 31.3. The van der Waals surface area contributed by atoms with E-state index in [2.05, 4.69) is 36.6 Å². The normalized spacial score (nSPS) is 15.4. The number of nitrogens with one attached hydrogen (secondary N) is 5. The molecule has 8 amide bonds. The molecular formula is C44H66N14O8. The highest BCUT2D eigenvalue weighted by Crippen LogP contribution is 2.21. The molecule has 1 saturated heterocycles. The number of carbonyl (C=O) groups is 8. The molecule has 0 spiro atoms. The van der Waals surface area contributed by atoms with Gasteiger partial charge in [-0.25, -0.2) is 0 Å². The summed E-state index contributed by atoms with van der Waals surface area (Å²) >= 11 is 0. The Labute approximate surface area is 384 Å². The van der Waals surface area contributed by atoms with E-state index in [9.17, 15) is 38.4 Å². The minimum Gasteiger partial charge on any atom is -0.370 e. The zero-order chi connectivity index (χ0) is 48.8. The number of primary amides is 2. The molecule has 1 aliphatic rings. The van der Waals surface area contributed by atoms with E-state index >= 15 is 0 Å². The molecule has 0 bridgehead atoms. The van der Waals surface area contributed by atoms with Gasteiger partial charge in [-0.3, -0.25) is 48.3 Å². The Kier molecular flexibility index (Phi) is 21.8. The summed E-state index contributed by atoms with van der Waals surface area (Å²) in [6.45, 7) is 3.88. The number of carbonyl (C=O) groups excluding carboxylic acids is 8. The van der Waals surface area contributed by atoms with E-state index in [0.29, 0.717) is 18.4 Å². The molecule has 66 heavy (non-hydrogen) atoms.